The van der Waals surface area contributed by atoms with E-state index in [1.54, 1.807) is 18.2 Å². The predicted octanol–water partition coefficient (Wildman–Crippen LogP) is 2.16. The molecule has 154 valence electrons. The molecule has 0 spiro atoms. The summed E-state index contributed by atoms with van der Waals surface area (Å²) in [6.07, 6.45) is 0.553. The van der Waals surface area contributed by atoms with Crippen molar-refractivity contribution >= 4 is 27.6 Å². The first-order chi connectivity index (χ1) is 13.8. The van der Waals surface area contributed by atoms with Gasteiger partial charge < -0.3 is 15.2 Å². The fraction of sp³-hybridized carbons (Fsp3) is 0.263. The fourth-order valence-corrected chi connectivity index (χ4v) is 4.04. The molecule has 0 unspecified atom stereocenters. The lowest BCUT2D eigenvalue weighted by Gasteiger charge is -2.20. The summed E-state index contributed by atoms with van der Waals surface area (Å²) in [5.41, 5.74) is 1.25. The van der Waals surface area contributed by atoms with Crippen LogP contribution in [0, 0.1) is 5.82 Å². The van der Waals surface area contributed by atoms with Crippen molar-refractivity contribution in [2.75, 3.05) is 17.9 Å². The summed E-state index contributed by atoms with van der Waals surface area (Å²) in [7, 11) is -4.09. The molecule has 0 saturated heterocycles. The molecule has 0 radical (unpaired) electrons. The molecule has 0 atom stereocenters. The van der Waals surface area contributed by atoms with Crippen LogP contribution in [0.25, 0.3) is 0 Å². The molecule has 29 heavy (non-hydrogen) atoms. The summed E-state index contributed by atoms with van der Waals surface area (Å²) in [5.74, 6) is -2.30. The van der Waals surface area contributed by atoms with Crippen LogP contribution in [-0.4, -0.2) is 38.6 Å². The molecule has 0 aliphatic carbocycles. The number of rotatable bonds is 8. The molecule has 0 fully saturated rings. The summed E-state index contributed by atoms with van der Waals surface area (Å²) in [6.45, 7) is 0.388. The number of carbonyl (C=O) groups is 2. The van der Waals surface area contributed by atoms with Crippen molar-refractivity contribution in [1.29, 1.82) is 0 Å². The topological polar surface area (TPSA) is 122 Å². The van der Waals surface area contributed by atoms with Gasteiger partial charge >= 0.3 is 5.97 Å². The maximum absolute atomic E-state index is 14.2. The third-order valence-electron chi connectivity index (χ3n) is 4.33. The van der Waals surface area contributed by atoms with E-state index in [1.807, 2.05) is 0 Å². The molecule has 2 aromatic carbocycles. The average molecular weight is 422 g/mol. The van der Waals surface area contributed by atoms with Gasteiger partial charge in [0.05, 0.1) is 17.2 Å². The number of carboxylic acid groups (broad SMARTS) is 1. The van der Waals surface area contributed by atoms with Gasteiger partial charge in [-0.1, -0.05) is 6.07 Å². The number of hydrogen-bond donors (Lipinski definition) is 3. The van der Waals surface area contributed by atoms with Gasteiger partial charge in [0, 0.05) is 18.5 Å². The third kappa shape index (κ3) is 4.83. The number of amides is 1. The molecule has 1 aliphatic heterocycles. The van der Waals surface area contributed by atoms with E-state index in [9.17, 15) is 22.4 Å². The van der Waals surface area contributed by atoms with Gasteiger partial charge in [0.1, 0.15) is 0 Å². The number of benzene rings is 2. The van der Waals surface area contributed by atoms with E-state index in [-0.39, 0.29) is 41.7 Å². The van der Waals surface area contributed by atoms with Crippen LogP contribution in [0.15, 0.2) is 41.3 Å². The van der Waals surface area contributed by atoms with Crippen LogP contribution in [-0.2, 0) is 21.2 Å². The Kier molecular flexibility index (Phi) is 6.02. The molecule has 0 aromatic heterocycles. The van der Waals surface area contributed by atoms with E-state index < -0.39 is 21.8 Å². The van der Waals surface area contributed by atoms with E-state index in [1.165, 1.54) is 12.1 Å². The molecule has 0 saturated carbocycles. The number of halogens is 1. The SMILES string of the molecule is O=C(O)CCCOc1ccc(S(=O)(=O)Nc2cccc3c2CCNC3=O)cc1F. The molecule has 3 rings (SSSR count). The lowest BCUT2D eigenvalue weighted by molar-refractivity contribution is -0.137. The van der Waals surface area contributed by atoms with Crippen molar-refractivity contribution in [2.45, 2.75) is 24.2 Å². The Labute approximate surface area is 166 Å². The smallest absolute Gasteiger partial charge is 0.303 e. The molecule has 2 aromatic rings. The molecular weight excluding hydrogens is 403 g/mol. The first-order valence-corrected chi connectivity index (χ1v) is 10.3. The Bertz CT molecular complexity index is 1050. The average Bonchev–Trinajstić information content (AvgIpc) is 2.66. The van der Waals surface area contributed by atoms with Crippen LogP contribution in [0.3, 0.4) is 0 Å². The van der Waals surface area contributed by atoms with Crippen LogP contribution in [0.1, 0.15) is 28.8 Å². The van der Waals surface area contributed by atoms with Gasteiger partial charge in [0.15, 0.2) is 11.6 Å². The minimum Gasteiger partial charge on any atom is -0.491 e. The third-order valence-corrected chi connectivity index (χ3v) is 5.69. The zero-order valence-electron chi connectivity index (χ0n) is 15.3. The van der Waals surface area contributed by atoms with Gasteiger partial charge in [-0.25, -0.2) is 12.8 Å². The monoisotopic (exact) mass is 422 g/mol. The summed E-state index contributed by atoms with van der Waals surface area (Å²) >= 11 is 0. The minimum absolute atomic E-state index is 0.00815. The quantitative estimate of drug-likeness (QED) is 0.561. The Morgan fingerprint density at radius 3 is 2.79 bits per heavy atom. The van der Waals surface area contributed by atoms with Gasteiger partial charge in [-0.3, -0.25) is 14.3 Å². The van der Waals surface area contributed by atoms with Crippen molar-refractivity contribution < 1.29 is 32.2 Å². The van der Waals surface area contributed by atoms with Crippen molar-refractivity contribution in [3.05, 3.63) is 53.3 Å². The standard InChI is InChI=1S/C19H19FN2O6S/c20-15-11-12(6-7-17(15)28-10-2-5-18(23)24)29(26,27)22-16-4-1-3-14-13(16)8-9-21-19(14)25/h1,3-4,6-7,11,22H,2,5,8-10H2,(H,21,25)(H,23,24). The van der Waals surface area contributed by atoms with Gasteiger partial charge in [-0.2, -0.15) is 0 Å². The zero-order chi connectivity index (χ0) is 21.0. The highest BCUT2D eigenvalue weighted by Gasteiger charge is 2.23. The van der Waals surface area contributed by atoms with Crippen molar-refractivity contribution in [3.63, 3.8) is 0 Å². The second-order valence-electron chi connectivity index (χ2n) is 6.38. The Balaban J connectivity index is 1.77. The van der Waals surface area contributed by atoms with Crippen LogP contribution in [0.5, 0.6) is 5.75 Å². The van der Waals surface area contributed by atoms with E-state index in [0.717, 1.165) is 6.07 Å². The largest absolute Gasteiger partial charge is 0.491 e. The van der Waals surface area contributed by atoms with Gasteiger partial charge in [-0.05, 0) is 48.7 Å². The lowest BCUT2D eigenvalue weighted by atomic mass is 9.99. The lowest BCUT2D eigenvalue weighted by Crippen LogP contribution is -2.32. The van der Waals surface area contributed by atoms with Gasteiger partial charge in [0.25, 0.3) is 15.9 Å². The highest BCUT2D eigenvalue weighted by Crippen LogP contribution is 2.27. The van der Waals surface area contributed by atoms with E-state index >= 15 is 0 Å². The van der Waals surface area contributed by atoms with Crippen LogP contribution < -0.4 is 14.8 Å². The molecule has 10 heteroatoms. The summed E-state index contributed by atoms with van der Waals surface area (Å²) in [6, 6.07) is 7.93. The second kappa shape index (κ2) is 8.48. The molecule has 1 amide bonds. The van der Waals surface area contributed by atoms with E-state index in [0.29, 0.717) is 24.1 Å². The van der Waals surface area contributed by atoms with E-state index in [2.05, 4.69) is 10.0 Å². The molecule has 1 aliphatic rings. The van der Waals surface area contributed by atoms with Gasteiger partial charge in [0.2, 0.25) is 0 Å². The van der Waals surface area contributed by atoms with Crippen molar-refractivity contribution in [3.8, 4) is 5.75 Å². The molecule has 0 bridgehead atoms. The maximum Gasteiger partial charge on any atom is 0.303 e. The van der Waals surface area contributed by atoms with Crippen LogP contribution >= 0.6 is 0 Å². The van der Waals surface area contributed by atoms with Crippen LogP contribution in [0.4, 0.5) is 10.1 Å². The zero-order valence-corrected chi connectivity index (χ0v) is 16.1. The molecule has 1 heterocycles. The summed E-state index contributed by atoms with van der Waals surface area (Å²) in [4.78, 5) is 22.1. The number of carboxylic acids is 1. The summed E-state index contributed by atoms with van der Waals surface area (Å²) in [5, 5.41) is 11.3. The molecular formula is C19H19FN2O6S. The number of nitrogens with one attached hydrogen (secondary N) is 2. The molecule has 3 N–H and O–H groups in total. The van der Waals surface area contributed by atoms with Crippen molar-refractivity contribution in [1.82, 2.24) is 5.32 Å². The number of carbonyl (C=O) groups excluding carboxylic acids is 1. The summed E-state index contributed by atoms with van der Waals surface area (Å²) < 4.78 is 47.2. The number of fused-ring (bicyclic) bond motifs is 1. The number of sulfonamides is 1. The number of ether oxygens (including phenoxy) is 1. The Morgan fingerprint density at radius 2 is 2.07 bits per heavy atom. The van der Waals surface area contributed by atoms with Gasteiger partial charge in [-0.15, -0.1) is 0 Å². The maximum atomic E-state index is 14.2. The Hall–Kier alpha value is -3.14. The first kappa shape index (κ1) is 20.6. The number of anilines is 1. The first-order valence-electron chi connectivity index (χ1n) is 8.85. The fourth-order valence-electron chi connectivity index (χ4n) is 2.94. The number of hydrogen-bond acceptors (Lipinski definition) is 5. The van der Waals surface area contributed by atoms with Crippen molar-refractivity contribution in [2.24, 2.45) is 0 Å². The van der Waals surface area contributed by atoms with Crippen LogP contribution in [0.2, 0.25) is 0 Å². The van der Waals surface area contributed by atoms with E-state index in [4.69, 9.17) is 9.84 Å². The second-order valence-corrected chi connectivity index (χ2v) is 8.06. The molecule has 8 nitrogen and oxygen atoms in total. The normalized spacial score (nSPS) is 13.3. The minimum atomic E-state index is -4.09. The highest BCUT2D eigenvalue weighted by atomic mass is 32.2. The Morgan fingerprint density at radius 1 is 1.28 bits per heavy atom. The number of aliphatic carboxylic acids is 1. The predicted molar refractivity (Wildman–Crippen MR) is 102 cm³/mol. The highest BCUT2D eigenvalue weighted by molar-refractivity contribution is 7.92.